The number of carboxylic acid groups (broad SMARTS) is 1. The monoisotopic (exact) mass is 418 g/mol. The number of thiazole rings is 1. The second-order valence-corrected chi connectivity index (χ2v) is 8.68. The van der Waals surface area contributed by atoms with Gasteiger partial charge in [-0.15, -0.1) is 11.3 Å². The largest absolute Gasteiger partial charge is 0.493 e. The maximum absolute atomic E-state index is 11.0. The van der Waals surface area contributed by atoms with Gasteiger partial charge in [0.05, 0.1) is 25.3 Å². The van der Waals surface area contributed by atoms with Crippen molar-refractivity contribution in [3.63, 3.8) is 0 Å². The first-order valence-corrected chi connectivity index (χ1v) is 10.8. The molecule has 1 N–H and O–H groups in total. The van der Waals surface area contributed by atoms with E-state index in [1.807, 2.05) is 36.4 Å². The molecule has 152 valence electrons. The van der Waals surface area contributed by atoms with E-state index >= 15 is 0 Å². The summed E-state index contributed by atoms with van der Waals surface area (Å²) in [6.45, 7) is 9.67. The number of hydrogen-bond acceptors (Lipinski definition) is 4. The topological polar surface area (TPSA) is 63.8 Å². The molecule has 1 unspecified atom stereocenters. The predicted molar refractivity (Wildman–Crippen MR) is 118 cm³/mol. The van der Waals surface area contributed by atoms with Gasteiger partial charge in [-0.1, -0.05) is 30.3 Å². The summed E-state index contributed by atoms with van der Waals surface area (Å²) < 4.78 is 5.97. The van der Waals surface area contributed by atoms with E-state index in [1.54, 1.807) is 11.3 Å². The zero-order chi connectivity index (χ0) is 21.1. The van der Waals surface area contributed by atoms with Crippen molar-refractivity contribution in [3.8, 4) is 16.3 Å². The molecule has 0 saturated carbocycles. The molecule has 0 aliphatic heterocycles. The second kappa shape index (κ2) is 8.68. The summed E-state index contributed by atoms with van der Waals surface area (Å²) in [5.74, 6) is 0.201. The number of ether oxygens (including phenoxy) is 1. The summed E-state index contributed by atoms with van der Waals surface area (Å²) in [4.78, 5) is 20.4. The Kier molecular flexibility index (Phi) is 5.82. The highest BCUT2D eigenvalue weighted by Gasteiger charge is 2.24. The molecule has 30 heavy (non-hydrogen) atoms. The number of fused-ring (bicyclic) bond motifs is 1. The van der Waals surface area contributed by atoms with E-state index in [9.17, 15) is 4.79 Å². The van der Waals surface area contributed by atoms with Gasteiger partial charge in [0.1, 0.15) is 10.8 Å². The Morgan fingerprint density at radius 3 is 2.83 bits per heavy atom. The molecule has 0 fully saturated rings. The quantitative estimate of drug-likeness (QED) is 0.493. The average Bonchev–Trinajstić information content (AvgIpc) is 3.31. The highest BCUT2D eigenvalue weighted by molar-refractivity contribution is 7.15. The van der Waals surface area contributed by atoms with Crippen LogP contribution in [0.4, 0.5) is 5.69 Å². The third-order valence-corrected chi connectivity index (χ3v) is 6.54. The molecule has 6 heteroatoms. The van der Waals surface area contributed by atoms with Crippen LogP contribution >= 0.6 is 11.3 Å². The Morgan fingerprint density at radius 1 is 1.30 bits per heavy atom. The van der Waals surface area contributed by atoms with Gasteiger partial charge < -0.3 is 9.84 Å². The molecule has 0 bridgehead atoms. The van der Waals surface area contributed by atoms with E-state index in [2.05, 4.69) is 17.8 Å². The molecule has 0 saturated heterocycles. The lowest BCUT2D eigenvalue weighted by atomic mass is 9.98. The van der Waals surface area contributed by atoms with Crippen LogP contribution in [-0.4, -0.2) is 22.7 Å². The van der Waals surface area contributed by atoms with Crippen LogP contribution in [0.25, 0.3) is 15.4 Å². The lowest BCUT2D eigenvalue weighted by Crippen LogP contribution is -2.04. The highest BCUT2D eigenvalue weighted by atomic mass is 32.1. The number of aryl methyl sites for hydroxylation is 2. The fourth-order valence-corrected chi connectivity index (χ4v) is 4.89. The Bertz CT molecular complexity index is 1110. The highest BCUT2D eigenvalue weighted by Crippen LogP contribution is 2.37. The van der Waals surface area contributed by atoms with Crippen molar-refractivity contribution in [2.24, 2.45) is 0 Å². The van der Waals surface area contributed by atoms with E-state index < -0.39 is 5.97 Å². The number of rotatable bonds is 7. The fraction of sp³-hybridized carbons (Fsp3) is 0.292. The van der Waals surface area contributed by atoms with Crippen LogP contribution in [0, 0.1) is 13.5 Å². The van der Waals surface area contributed by atoms with Gasteiger partial charge in [0, 0.05) is 16.9 Å². The molecule has 1 aromatic heterocycles. The number of aromatic nitrogens is 1. The van der Waals surface area contributed by atoms with Gasteiger partial charge in [0.2, 0.25) is 0 Å². The fourth-order valence-electron chi connectivity index (χ4n) is 3.92. The van der Waals surface area contributed by atoms with Crippen LogP contribution in [0.2, 0.25) is 0 Å². The maximum Gasteiger partial charge on any atom is 0.303 e. The molecule has 5 nitrogen and oxygen atoms in total. The first kappa shape index (κ1) is 20.1. The zero-order valence-electron chi connectivity index (χ0n) is 16.7. The Balaban J connectivity index is 1.37. The molecular weight excluding hydrogens is 396 g/mol. The molecular formula is C24H22N2O3S. The minimum absolute atomic E-state index is 0.117. The average molecular weight is 419 g/mol. The number of hydrogen-bond donors (Lipinski definition) is 1. The van der Waals surface area contributed by atoms with Crippen molar-refractivity contribution in [2.75, 3.05) is 6.61 Å². The number of aliphatic carboxylic acids is 1. The van der Waals surface area contributed by atoms with Crippen molar-refractivity contribution in [1.29, 1.82) is 0 Å². The molecule has 4 rings (SSSR count). The SMILES string of the molecule is [C-]#[N+]c1ccc(-c2nc(CCOc3ccc4c(c3)CCC4CC(=O)O)c(C)s2)cc1. The number of carboxylic acids is 1. The van der Waals surface area contributed by atoms with Gasteiger partial charge in [-0.3, -0.25) is 4.79 Å². The van der Waals surface area contributed by atoms with Crippen LogP contribution in [-0.2, 0) is 17.6 Å². The first-order valence-electron chi connectivity index (χ1n) is 9.95. The summed E-state index contributed by atoms with van der Waals surface area (Å²) in [6, 6.07) is 13.5. The Hall–Kier alpha value is -3.17. The standard InChI is InChI=1S/C24H22N2O3S/c1-15-22(26-24(30-15)16-5-7-19(25-2)8-6-16)11-12-29-20-9-10-21-17(13-20)3-4-18(21)14-23(27)28/h5-10,13,18H,3-4,11-12,14H2,1H3,(H,27,28). The minimum Gasteiger partial charge on any atom is -0.493 e. The van der Waals surface area contributed by atoms with Crippen LogP contribution in [0.3, 0.4) is 0 Å². The number of carbonyl (C=O) groups is 1. The summed E-state index contributed by atoms with van der Waals surface area (Å²) >= 11 is 1.66. The van der Waals surface area contributed by atoms with E-state index in [0.717, 1.165) is 46.8 Å². The molecule has 1 aliphatic rings. The van der Waals surface area contributed by atoms with Gasteiger partial charge in [-0.05, 0) is 48.9 Å². The summed E-state index contributed by atoms with van der Waals surface area (Å²) in [6.07, 6.45) is 2.72. The zero-order valence-corrected chi connectivity index (χ0v) is 17.5. The molecule has 1 atom stereocenters. The minimum atomic E-state index is -0.742. The van der Waals surface area contributed by atoms with Crippen LogP contribution in [0.15, 0.2) is 42.5 Å². The van der Waals surface area contributed by atoms with E-state index in [0.29, 0.717) is 12.3 Å². The van der Waals surface area contributed by atoms with Crippen LogP contribution < -0.4 is 4.74 Å². The van der Waals surface area contributed by atoms with E-state index in [4.69, 9.17) is 21.4 Å². The van der Waals surface area contributed by atoms with Crippen molar-refractivity contribution in [2.45, 2.75) is 38.5 Å². The second-order valence-electron chi connectivity index (χ2n) is 7.47. The lowest BCUT2D eigenvalue weighted by Gasteiger charge is -2.10. The van der Waals surface area contributed by atoms with Gasteiger partial charge >= 0.3 is 5.97 Å². The van der Waals surface area contributed by atoms with E-state index in [1.165, 1.54) is 10.4 Å². The third-order valence-electron chi connectivity index (χ3n) is 5.48. The molecule has 0 radical (unpaired) electrons. The first-order chi connectivity index (χ1) is 14.5. The van der Waals surface area contributed by atoms with Crippen molar-refractivity contribution in [3.05, 3.63) is 75.6 Å². The molecule has 2 aromatic carbocycles. The number of nitrogens with zero attached hydrogens (tertiary/aromatic N) is 2. The maximum atomic E-state index is 11.0. The molecule has 0 spiro atoms. The van der Waals surface area contributed by atoms with Gasteiger partial charge in [-0.25, -0.2) is 9.83 Å². The summed E-state index contributed by atoms with van der Waals surface area (Å²) in [5.41, 5.74) is 5.04. The normalized spacial score (nSPS) is 14.9. The van der Waals surface area contributed by atoms with Gasteiger partial charge in [0.25, 0.3) is 0 Å². The molecule has 1 heterocycles. The Morgan fingerprint density at radius 2 is 2.10 bits per heavy atom. The van der Waals surface area contributed by atoms with Gasteiger partial charge in [0.15, 0.2) is 5.69 Å². The lowest BCUT2D eigenvalue weighted by molar-refractivity contribution is -0.137. The number of benzene rings is 2. The van der Waals surface area contributed by atoms with Gasteiger partial charge in [-0.2, -0.15) is 0 Å². The molecule has 3 aromatic rings. The summed E-state index contributed by atoms with van der Waals surface area (Å²) in [5, 5.41) is 10.0. The molecule has 0 amide bonds. The van der Waals surface area contributed by atoms with Crippen molar-refractivity contribution >= 4 is 23.0 Å². The Labute approximate surface area is 179 Å². The van der Waals surface area contributed by atoms with Crippen molar-refractivity contribution in [1.82, 2.24) is 4.98 Å². The van der Waals surface area contributed by atoms with Crippen molar-refractivity contribution < 1.29 is 14.6 Å². The van der Waals surface area contributed by atoms with Crippen LogP contribution in [0.5, 0.6) is 5.75 Å². The van der Waals surface area contributed by atoms with E-state index in [-0.39, 0.29) is 12.3 Å². The third kappa shape index (κ3) is 4.37. The van der Waals surface area contributed by atoms with Crippen LogP contribution in [0.1, 0.15) is 40.5 Å². The summed E-state index contributed by atoms with van der Waals surface area (Å²) in [7, 11) is 0. The predicted octanol–water partition coefficient (Wildman–Crippen LogP) is 5.80. The molecule has 1 aliphatic carbocycles. The smallest absolute Gasteiger partial charge is 0.303 e.